The first-order valence-electron chi connectivity index (χ1n) is 7.75. The van der Waals surface area contributed by atoms with Crippen LogP contribution in [0.5, 0.6) is 5.75 Å². The number of pyridine rings is 1. The monoisotopic (exact) mass is 338 g/mol. The summed E-state index contributed by atoms with van der Waals surface area (Å²) in [6, 6.07) is 10.1. The van der Waals surface area contributed by atoms with Crippen molar-refractivity contribution in [3.8, 4) is 5.75 Å². The van der Waals surface area contributed by atoms with E-state index in [1.807, 2.05) is 36.1 Å². The van der Waals surface area contributed by atoms with Gasteiger partial charge in [0.25, 0.3) is 0 Å². The van der Waals surface area contributed by atoms with Crippen molar-refractivity contribution in [1.82, 2.24) is 14.8 Å². The highest BCUT2D eigenvalue weighted by atomic mass is 32.1. The molecule has 3 aromatic heterocycles. The minimum atomic E-state index is 0.719. The van der Waals surface area contributed by atoms with Crippen LogP contribution >= 0.6 is 11.3 Å². The summed E-state index contributed by atoms with van der Waals surface area (Å²) >= 11 is 1.69. The molecule has 122 valence electrons. The number of aromatic nitrogens is 3. The van der Waals surface area contributed by atoms with E-state index in [-0.39, 0.29) is 0 Å². The largest absolute Gasteiger partial charge is 0.497 e. The number of rotatable bonds is 4. The number of anilines is 1. The minimum absolute atomic E-state index is 0.719. The summed E-state index contributed by atoms with van der Waals surface area (Å²) in [5.41, 5.74) is 3.57. The summed E-state index contributed by atoms with van der Waals surface area (Å²) in [6.45, 7) is 2.84. The van der Waals surface area contributed by atoms with Gasteiger partial charge in [-0.05, 0) is 36.2 Å². The molecular weight excluding hydrogens is 320 g/mol. The average molecular weight is 338 g/mol. The van der Waals surface area contributed by atoms with Gasteiger partial charge in [0.1, 0.15) is 10.6 Å². The molecule has 0 aliphatic carbocycles. The Hall–Kier alpha value is -2.60. The van der Waals surface area contributed by atoms with Crippen LogP contribution < -0.4 is 10.1 Å². The molecule has 0 amide bonds. The van der Waals surface area contributed by atoms with Crippen molar-refractivity contribution < 1.29 is 4.74 Å². The van der Waals surface area contributed by atoms with Crippen molar-refractivity contribution in [3.63, 3.8) is 0 Å². The van der Waals surface area contributed by atoms with Crippen molar-refractivity contribution in [1.29, 1.82) is 0 Å². The van der Waals surface area contributed by atoms with E-state index < -0.39 is 0 Å². The maximum Gasteiger partial charge on any atom is 0.166 e. The van der Waals surface area contributed by atoms with E-state index in [4.69, 9.17) is 4.74 Å². The zero-order chi connectivity index (χ0) is 16.7. The number of nitrogens with zero attached hydrogens (tertiary/aromatic N) is 3. The molecule has 24 heavy (non-hydrogen) atoms. The second-order valence-electron chi connectivity index (χ2n) is 5.76. The fourth-order valence-electron chi connectivity index (χ4n) is 2.92. The van der Waals surface area contributed by atoms with E-state index in [0.29, 0.717) is 0 Å². The highest BCUT2D eigenvalue weighted by molar-refractivity contribution is 7.26. The van der Waals surface area contributed by atoms with Crippen molar-refractivity contribution in [2.75, 3.05) is 12.4 Å². The summed E-state index contributed by atoms with van der Waals surface area (Å²) < 4.78 is 8.30. The Balaban J connectivity index is 1.69. The lowest BCUT2D eigenvalue weighted by Gasteiger charge is -2.05. The fourth-order valence-corrected chi connectivity index (χ4v) is 4.12. The molecule has 0 aliphatic heterocycles. The molecule has 0 atom stereocenters. The van der Waals surface area contributed by atoms with Gasteiger partial charge in [-0.1, -0.05) is 12.1 Å². The van der Waals surface area contributed by atoms with Gasteiger partial charge in [-0.15, -0.1) is 11.3 Å². The van der Waals surface area contributed by atoms with Crippen molar-refractivity contribution in [2.24, 2.45) is 7.05 Å². The lowest BCUT2D eigenvalue weighted by molar-refractivity contribution is 0.414. The summed E-state index contributed by atoms with van der Waals surface area (Å²) in [6.07, 6.45) is 1.87. The maximum absolute atomic E-state index is 5.20. The molecule has 0 fully saturated rings. The maximum atomic E-state index is 5.20. The van der Waals surface area contributed by atoms with Gasteiger partial charge in [0.05, 0.1) is 17.3 Å². The van der Waals surface area contributed by atoms with Gasteiger partial charge >= 0.3 is 0 Å². The summed E-state index contributed by atoms with van der Waals surface area (Å²) in [5, 5.41) is 9.30. The standard InChI is InChI=1S/C18H18N4OS/c1-11-8-9-19-18-14(11)15-16(24-18)17(21-22(15)2)20-10-12-4-6-13(23-3)7-5-12/h4-9H,10H2,1-3H3,(H,20,21). The normalized spacial score (nSPS) is 11.3. The first-order chi connectivity index (χ1) is 11.7. The molecule has 0 saturated carbocycles. The molecule has 0 aliphatic rings. The van der Waals surface area contributed by atoms with Crippen LogP contribution in [0.15, 0.2) is 36.5 Å². The van der Waals surface area contributed by atoms with Crippen molar-refractivity contribution >= 4 is 37.6 Å². The third-order valence-corrected chi connectivity index (χ3v) is 5.28. The Morgan fingerprint density at radius 1 is 1.21 bits per heavy atom. The SMILES string of the molecule is COc1ccc(CNc2nn(C)c3c2sc2nccc(C)c23)cc1. The highest BCUT2D eigenvalue weighted by Crippen LogP contribution is 2.38. The molecule has 6 heteroatoms. The molecule has 0 unspecified atom stereocenters. The first-order valence-corrected chi connectivity index (χ1v) is 8.56. The Bertz CT molecular complexity index is 1020. The Morgan fingerprint density at radius 2 is 2.00 bits per heavy atom. The topological polar surface area (TPSA) is 52.0 Å². The van der Waals surface area contributed by atoms with Crippen molar-refractivity contribution in [3.05, 3.63) is 47.7 Å². The number of thiophene rings is 1. The summed E-state index contributed by atoms with van der Waals surface area (Å²) in [4.78, 5) is 5.57. The van der Waals surface area contributed by atoms with Crippen LogP contribution in [0.25, 0.3) is 20.4 Å². The van der Waals surface area contributed by atoms with Gasteiger partial charge in [-0.2, -0.15) is 5.10 Å². The minimum Gasteiger partial charge on any atom is -0.497 e. The quantitative estimate of drug-likeness (QED) is 0.608. The van der Waals surface area contributed by atoms with Gasteiger partial charge in [0.2, 0.25) is 0 Å². The van der Waals surface area contributed by atoms with Crippen LogP contribution in [-0.4, -0.2) is 21.9 Å². The number of hydrogen-bond acceptors (Lipinski definition) is 5. The lowest BCUT2D eigenvalue weighted by Crippen LogP contribution is -2.01. The Labute approximate surface area is 143 Å². The molecule has 0 bridgehead atoms. The second-order valence-corrected chi connectivity index (χ2v) is 6.76. The molecule has 0 radical (unpaired) electrons. The molecule has 5 nitrogen and oxygen atoms in total. The molecule has 1 N–H and O–H groups in total. The summed E-state index contributed by atoms with van der Waals surface area (Å²) in [7, 11) is 3.66. The average Bonchev–Trinajstić information content (AvgIpc) is 3.12. The van der Waals surface area contributed by atoms with Crippen LogP contribution in [0.4, 0.5) is 5.82 Å². The highest BCUT2D eigenvalue weighted by Gasteiger charge is 2.17. The zero-order valence-electron chi connectivity index (χ0n) is 13.8. The van der Waals surface area contributed by atoms with E-state index in [2.05, 4.69) is 34.5 Å². The Kier molecular flexibility index (Phi) is 3.61. The lowest BCUT2D eigenvalue weighted by atomic mass is 10.2. The predicted molar refractivity (Wildman–Crippen MR) is 98.9 cm³/mol. The molecule has 0 spiro atoms. The number of ether oxygens (including phenoxy) is 1. The number of aryl methyl sites for hydroxylation is 2. The van der Waals surface area contributed by atoms with Gasteiger partial charge < -0.3 is 10.1 Å². The van der Waals surface area contributed by atoms with Gasteiger partial charge in [0.15, 0.2) is 5.82 Å². The van der Waals surface area contributed by atoms with Crippen LogP contribution in [0.2, 0.25) is 0 Å². The molecule has 1 aromatic carbocycles. The fraction of sp³-hybridized carbons (Fsp3) is 0.222. The number of methoxy groups -OCH3 is 1. The molecule has 4 aromatic rings. The molecular formula is C18H18N4OS. The number of hydrogen-bond donors (Lipinski definition) is 1. The third-order valence-electron chi connectivity index (χ3n) is 4.18. The first kappa shape index (κ1) is 15.0. The third kappa shape index (κ3) is 2.39. The van der Waals surface area contributed by atoms with E-state index in [1.54, 1.807) is 18.4 Å². The smallest absolute Gasteiger partial charge is 0.166 e. The zero-order valence-corrected chi connectivity index (χ0v) is 14.6. The van der Waals surface area contributed by atoms with Crippen LogP contribution in [-0.2, 0) is 13.6 Å². The van der Waals surface area contributed by atoms with Crippen LogP contribution in [0.3, 0.4) is 0 Å². The molecule has 4 rings (SSSR count). The van der Waals surface area contributed by atoms with E-state index in [1.165, 1.54) is 16.5 Å². The van der Waals surface area contributed by atoms with Crippen LogP contribution in [0.1, 0.15) is 11.1 Å². The molecule has 0 saturated heterocycles. The second kappa shape index (κ2) is 5.79. The van der Waals surface area contributed by atoms with E-state index >= 15 is 0 Å². The van der Waals surface area contributed by atoms with Gasteiger partial charge in [-0.3, -0.25) is 4.68 Å². The predicted octanol–water partition coefficient (Wildman–Crippen LogP) is 4.11. The molecule has 3 heterocycles. The number of nitrogens with one attached hydrogen (secondary N) is 1. The summed E-state index contributed by atoms with van der Waals surface area (Å²) in [5.74, 6) is 1.77. The van der Waals surface area contributed by atoms with Crippen LogP contribution in [0, 0.1) is 6.92 Å². The van der Waals surface area contributed by atoms with Crippen molar-refractivity contribution in [2.45, 2.75) is 13.5 Å². The number of benzene rings is 1. The van der Waals surface area contributed by atoms with E-state index in [9.17, 15) is 0 Å². The Morgan fingerprint density at radius 3 is 2.75 bits per heavy atom. The van der Waals surface area contributed by atoms with Gasteiger partial charge in [0, 0.05) is 25.2 Å². The van der Waals surface area contributed by atoms with Gasteiger partial charge in [-0.25, -0.2) is 4.98 Å². The van der Waals surface area contributed by atoms with E-state index in [0.717, 1.165) is 33.2 Å². The number of fused-ring (bicyclic) bond motifs is 3.